The highest BCUT2D eigenvalue weighted by Crippen LogP contribution is 2.20. The Kier molecular flexibility index (Phi) is 8.43. The first-order chi connectivity index (χ1) is 14.7. The van der Waals surface area contributed by atoms with E-state index in [1.807, 2.05) is 12.1 Å². The number of piperazine rings is 1. The van der Waals surface area contributed by atoms with E-state index in [4.69, 9.17) is 16.1 Å². The molecule has 0 atom stereocenters. The fourth-order valence-electron chi connectivity index (χ4n) is 3.16. The minimum Gasteiger partial charge on any atom is -0.347 e. The molecule has 0 unspecified atom stereocenters. The zero-order valence-electron chi connectivity index (χ0n) is 17.3. The Labute approximate surface area is 207 Å². The first-order valence-corrected chi connectivity index (χ1v) is 10.9. The molecule has 0 bridgehead atoms. The van der Waals surface area contributed by atoms with E-state index in [1.165, 1.54) is 11.5 Å². The van der Waals surface area contributed by atoms with E-state index < -0.39 is 0 Å². The molecule has 1 aliphatic heterocycles. The summed E-state index contributed by atoms with van der Waals surface area (Å²) in [5.41, 5.74) is 0.859. The van der Waals surface area contributed by atoms with E-state index in [0.717, 1.165) is 55.1 Å². The number of nitrogens with zero attached hydrogens (tertiary/aromatic N) is 7. The predicted octanol–water partition coefficient (Wildman–Crippen LogP) is 3.32. The van der Waals surface area contributed by atoms with Gasteiger partial charge in [-0.05, 0) is 24.3 Å². The molecule has 166 valence electrons. The molecule has 0 saturated carbocycles. The summed E-state index contributed by atoms with van der Waals surface area (Å²) in [4.78, 5) is 17.9. The van der Waals surface area contributed by atoms with Gasteiger partial charge in [0.25, 0.3) is 0 Å². The van der Waals surface area contributed by atoms with Gasteiger partial charge in [0.2, 0.25) is 16.8 Å². The maximum atomic E-state index is 5.93. The molecule has 12 heteroatoms. The lowest BCUT2D eigenvalue weighted by molar-refractivity contribution is 0.355. The van der Waals surface area contributed by atoms with Gasteiger partial charge in [-0.15, -0.1) is 24.0 Å². The largest absolute Gasteiger partial charge is 0.347 e. The van der Waals surface area contributed by atoms with Crippen LogP contribution in [0.2, 0.25) is 5.02 Å². The van der Waals surface area contributed by atoms with Crippen molar-refractivity contribution in [2.24, 2.45) is 4.99 Å². The molecule has 1 saturated heterocycles. The molecule has 0 amide bonds. The summed E-state index contributed by atoms with van der Waals surface area (Å²) in [6.45, 7) is 5.92. The van der Waals surface area contributed by atoms with Crippen LogP contribution in [0.15, 0.2) is 33.8 Å². The normalized spacial score (nSPS) is 14.5. The van der Waals surface area contributed by atoms with Crippen molar-refractivity contribution in [3.05, 3.63) is 41.0 Å². The number of anilines is 1. The summed E-state index contributed by atoms with van der Waals surface area (Å²) < 4.78 is 9.75. The summed E-state index contributed by atoms with van der Waals surface area (Å²) >= 11 is 7.40. The molecule has 3 aromatic rings. The molecule has 9 nitrogen and oxygen atoms in total. The van der Waals surface area contributed by atoms with E-state index in [1.54, 1.807) is 19.2 Å². The lowest BCUT2D eigenvalue weighted by Crippen LogP contribution is -2.52. The van der Waals surface area contributed by atoms with Crippen molar-refractivity contribution in [3.8, 4) is 11.4 Å². The van der Waals surface area contributed by atoms with Crippen LogP contribution in [-0.2, 0) is 13.0 Å². The third kappa shape index (κ3) is 5.83. The molecule has 4 rings (SSSR count). The number of aryl methyl sites for hydroxylation is 1. The van der Waals surface area contributed by atoms with Crippen LogP contribution in [-0.4, -0.2) is 63.6 Å². The Morgan fingerprint density at radius 3 is 2.58 bits per heavy atom. The SMILES string of the molecule is CCc1nsc(N2CCN(C(=NC)NCc3nc(-c4ccc(Cl)cc4)no3)CC2)n1.I. The van der Waals surface area contributed by atoms with Crippen molar-refractivity contribution >= 4 is 58.2 Å². The average molecular weight is 575 g/mol. The molecule has 1 fully saturated rings. The first kappa shape index (κ1) is 23.7. The van der Waals surface area contributed by atoms with Gasteiger partial charge in [0.15, 0.2) is 5.96 Å². The number of rotatable bonds is 5. The monoisotopic (exact) mass is 574 g/mol. The topological polar surface area (TPSA) is 95.6 Å². The molecule has 0 aliphatic carbocycles. The lowest BCUT2D eigenvalue weighted by Gasteiger charge is -2.36. The van der Waals surface area contributed by atoms with Crippen LogP contribution in [0, 0.1) is 0 Å². The van der Waals surface area contributed by atoms with Crippen LogP contribution < -0.4 is 10.2 Å². The van der Waals surface area contributed by atoms with Crippen LogP contribution >= 0.6 is 47.1 Å². The van der Waals surface area contributed by atoms with Crippen LogP contribution in [0.4, 0.5) is 5.13 Å². The van der Waals surface area contributed by atoms with Crippen molar-refractivity contribution in [3.63, 3.8) is 0 Å². The summed E-state index contributed by atoms with van der Waals surface area (Å²) in [5.74, 6) is 2.76. The molecular weight excluding hydrogens is 551 g/mol. The number of benzene rings is 1. The number of aromatic nitrogens is 4. The van der Waals surface area contributed by atoms with Crippen molar-refractivity contribution < 1.29 is 4.52 Å². The molecule has 31 heavy (non-hydrogen) atoms. The Morgan fingerprint density at radius 2 is 1.94 bits per heavy atom. The standard InChI is InChI=1S/C19H23ClN8OS.HI/c1-3-15-23-19(30-26-15)28-10-8-27(9-11-28)18(21-2)22-12-16-24-17(25-29-16)13-4-6-14(20)7-5-13;/h4-7H,3,8-12H2,1-2H3,(H,21,22);1H. The number of hydrogen-bond acceptors (Lipinski definition) is 8. The molecule has 1 aromatic carbocycles. The van der Waals surface area contributed by atoms with Gasteiger partial charge in [-0.25, -0.2) is 4.98 Å². The van der Waals surface area contributed by atoms with Crippen molar-refractivity contribution in [1.82, 2.24) is 29.7 Å². The number of halogens is 2. The fourth-order valence-corrected chi connectivity index (χ4v) is 4.08. The highest BCUT2D eigenvalue weighted by atomic mass is 127. The molecular formula is C19H24ClIN8OS. The van der Waals surface area contributed by atoms with Crippen LogP contribution in [0.5, 0.6) is 0 Å². The number of guanidine groups is 1. The second-order valence-corrected chi connectivity index (χ2v) is 7.91. The number of aliphatic imine (C=N–C) groups is 1. The quantitative estimate of drug-likeness (QED) is 0.282. The van der Waals surface area contributed by atoms with E-state index >= 15 is 0 Å². The smallest absolute Gasteiger partial charge is 0.246 e. The summed E-state index contributed by atoms with van der Waals surface area (Å²) in [7, 11) is 1.78. The highest BCUT2D eigenvalue weighted by molar-refractivity contribution is 14.0. The minimum atomic E-state index is 0. The lowest BCUT2D eigenvalue weighted by atomic mass is 10.2. The second-order valence-electron chi connectivity index (χ2n) is 6.74. The van der Waals surface area contributed by atoms with Crippen LogP contribution in [0.1, 0.15) is 18.6 Å². The van der Waals surface area contributed by atoms with Gasteiger partial charge >= 0.3 is 0 Å². The van der Waals surface area contributed by atoms with E-state index in [9.17, 15) is 0 Å². The zero-order chi connectivity index (χ0) is 20.9. The van der Waals surface area contributed by atoms with Gasteiger partial charge in [-0.2, -0.15) is 9.36 Å². The van der Waals surface area contributed by atoms with Gasteiger partial charge in [-0.1, -0.05) is 23.7 Å². The van der Waals surface area contributed by atoms with E-state index in [0.29, 0.717) is 23.3 Å². The third-order valence-corrected chi connectivity index (χ3v) is 5.87. The maximum absolute atomic E-state index is 5.93. The third-order valence-electron chi connectivity index (χ3n) is 4.80. The fraction of sp³-hybridized carbons (Fsp3) is 0.421. The zero-order valence-corrected chi connectivity index (χ0v) is 21.2. The van der Waals surface area contributed by atoms with Crippen LogP contribution in [0.3, 0.4) is 0 Å². The van der Waals surface area contributed by atoms with Gasteiger partial charge in [0, 0.05) is 61.8 Å². The van der Waals surface area contributed by atoms with Gasteiger partial charge in [0.05, 0.1) is 6.54 Å². The highest BCUT2D eigenvalue weighted by Gasteiger charge is 2.22. The Morgan fingerprint density at radius 1 is 1.19 bits per heavy atom. The summed E-state index contributed by atoms with van der Waals surface area (Å²) in [6, 6.07) is 7.34. The maximum Gasteiger partial charge on any atom is 0.246 e. The Hall–Kier alpha value is -1.99. The summed E-state index contributed by atoms with van der Waals surface area (Å²) in [6.07, 6.45) is 0.864. The van der Waals surface area contributed by atoms with E-state index in [2.05, 4.69) is 46.5 Å². The van der Waals surface area contributed by atoms with Crippen molar-refractivity contribution in [1.29, 1.82) is 0 Å². The average Bonchev–Trinajstić information content (AvgIpc) is 3.45. The first-order valence-electron chi connectivity index (χ1n) is 9.78. The minimum absolute atomic E-state index is 0. The van der Waals surface area contributed by atoms with Crippen LogP contribution in [0.25, 0.3) is 11.4 Å². The molecule has 3 heterocycles. The summed E-state index contributed by atoms with van der Waals surface area (Å²) in [5, 5.41) is 9.02. The van der Waals surface area contributed by atoms with Crippen molar-refractivity contribution in [2.75, 3.05) is 38.1 Å². The molecule has 0 spiro atoms. The Bertz CT molecular complexity index is 1000. The molecule has 1 N–H and O–H groups in total. The molecule has 0 radical (unpaired) electrons. The number of hydrogen-bond donors (Lipinski definition) is 1. The molecule has 1 aliphatic rings. The molecule has 2 aromatic heterocycles. The predicted molar refractivity (Wildman–Crippen MR) is 133 cm³/mol. The van der Waals surface area contributed by atoms with Crippen molar-refractivity contribution in [2.45, 2.75) is 19.9 Å². The second kappa shape index (κ2) is 11.0. The number of nitrogens with one attached hydrogen (secondary N) is 1. The van der Waals surface area contributed by atoms with E-state index in [-0.39, 0.29) is 24.0 Å². The van der Waals surface area contributed by atoms with Gasteiger partial charge < -0.3 is 19.6 Å². The Balaban J connectivity index is 0.00000272. The van der Waals surface area contributed by atoms with Gasteiger partial charge in [0.1, 0.15) is 5.82 Å². The van der Waals surface area contributed by atoms with Gasteiger partial charge in [-0.3, -0.25) is 4.99 Å².